The predicted octanol–water partition coefficient (Wildman–Crippen LogP) is 4.35. The molecule has 0 aliphatic carbocycles. The quantitative estimate of drug-likeness (QED) is 0.755. The summed E-state index contributed by atoms with van der Waals surface area (Å²) in [5.74, 6) is 1.55. The SMILES string of the molecule is CC(c1nnc(-c2cccs2)o1)N1CC=C(c2ccc(O)cc2)CC1. The third-order valence-electron chi connectivity index (χ3n) is 4.56. The molecule has 0 radical (unpaired) electrons. The molecule has 1 aromatic carbocycles. The zero-order valence-corrected chi connectivity index (χ0v) is 14.7. The van der Waals surface area contributed by atoms with Crippen molar-refractivity contribution in [3.05, 3.63) is 59.3 Å². The van der Waals surface area contributed by atoms with Crippen LogP contribution in [0.4, 0.5) is 0 Å². The van der Waals surface area contributed by atoms with Crippen molar-refractivity contribution in [3.8, 4) is 16.5 Å². The van der Waals surface area contributed by atoms with E-state index in [2.05, 4.69) is 28.1 Å². The fourth-order valence-electron chi connectivity index (χ4n) is 3.03. The number of hydrogen-bond donors (Lipinski definition) is 1. The first kappa shape index (κ1) is 16.1. The average molecular weight is 353 g/mol. The Morgan fingerprint density at radius 2 is 2.04 bits per heavy atom. The molecule has 0 bridgehead atoms. The number of aromatic hydroxyl groups is 1. The Hall–Kier alpha value is -2.44. The monoisotopic (exact) mass is 353 g/mol. The van der Waals surface area contributed by atoms with Crippen molar-refractivity contribution in [2.24, 2.45) is 0 Å². The molecule has 1 N–H and O–H groups in total. The van der Waals surface area contributed by atoms with Crippen molar-refractivity contribution in [2.75, 3.05) is 13.1 Å². The molecule has 1 aliphatic heterocycles. The Morgan fingerprint density at radius 3 is 2.72 bits per heavy atom. The van der Waals surface area contributed by atoms with Gasteiger partial charge in [-0.3, -0.25) is 4.90 Å². The molecule has 3 heterocycles. The van der Waals surface area contributed by atoms with Crippen LogP contribution in [0.1, 0.15) is 30.8 Å². The lowest BCUT2D eigenvalue weighted by molar-refractivity contribution is 0.202. The van der Waals surface area contributed by atoms with Gasteiger partial charge in [-0.1, -0.05) is 24.3 Å². The number of phenolic OH excluding ortho intramolecular Hbond substituents is 1. The van der Waals surface area contributed by atoms with Gasteiger partial charge in [0.05, 0.1) is 10.9 Å². The largest absolute Gasteiger partial charge is 0.508 e. The summed E-state index contributed by atoms with van der Waals surface area (Å²) in [4.78, 5) is 3.33. The maximum atomic E-state index is 9.42. The van der Waals surface area contributed by atoms with Crippen molar-refractivity contribution in [3.63, 3.8) is 0 Å². The van der Waals surface area contributed by atoms with E-state index in [1.807, 2.05) is 29.6 Å². The van der Waals surface area contributed by atoms with Crippen LogP contribution >= 0.6 is 11.3 Å². The highest BCUT2D eigenvalue weighted by Crippen LogP contribution is 2.30. The molecular weight excluding hydrogens is 334 g/mol. The minimum absolute atomic E-state index is 0.0823. The Bertz CT molecular complexity index is 868. The average Bonchev–Trinajstić information content (AvgIpc) is 3.33. The first-order valence-electron chi connectivity index (χ1n) is 8.30. The van der Waals surface area contributed by atoms with E-state index in [0.717, 1.165) is 24.4 Å². The molecule has 5 nitrogen and oxygen atoms in total. The second kappa shape index (κ2) is 6.82. The Balaban J connectivity index is 1.46. The second-order valence-corrected chi connectivity index (χ2v) is 7.07. The third-order valence-corrected chi connectivity index (χ3v) is 5.41. The fraction of sp³-hybridized carbons (Fsp3) is 0.263. The highest BCUT2D eigenvalue weighted by molar-refractivity contribution is 7.13. The van der Waals surface area contributed by atoms with Crippen molar-refractivity contribution < 1.29 is 9.52 Å². The fourth-order valence-corrected chi connectivity index (χ4v) is 3.68. The summed E-state index contributed by atoms with van der Waals surface area (Å²) in [6.07, 6.45) is 3.20. The van der Waals surface area contributed by atoms with Gasteiger partial charge in [-0.25, -0.2) is 0 Å². The predicted molar refractivity (Wildman–Crippen MR) is 98.3 cm³/mol. The van der Waals surface area contributed by atoms with Gasteiger partial charge in [-0.2, -0.15) is 0 Å². The van der Waals surface area contributed by atoms with Gasteiger partial charge < -0.3 is 9.52 Å². The summed E-state index contributed by atoms with van der Waals surface area (Å²) in [5, 5.41) is 19.8. The molecule has 0 saturated carbocycles. The van der Waals surface area contributed by atoms with Crippen molar-refractivity contribution in [2.45, 2.75) is 19.4 Å². The summed E-state index contributed by atoms with van der Waals surface area (Å²) >= 11 is 1.60. The smallest absolute Gasteiger partial charge is 0.257 e. The molecule has 1 aliphatic rings. The van der Waals surface area contributed by atoms with Crippen LogP contribution in [0.25, 0.3) is 16.3 Å². The van der Waals surface area contributed by atoms with Crippen molar-refractivity contribution in [1.29, 1.82) is 0 Å². The topological polar surface area (TPSA) is 62.4 Å². The second-order valence-electron chi connectivity index (χ2n) is 6.12. The van der Waals surface area contributed by atoms with E-state index in [-0.39, 0.29) is 6.04 Å². The molecule has 1 unspecified atom stereocenters. The van der Waals surface area contributed by atoms with E-state index in [1.54, 1.807) is 23.5 Å². The van der Waals surface area contributed by atoms with Crippen molar-refractivity contribution in [1.82, 2.24) is 15.1 Å². The summed E-state index contributed by atoms with van der Waals surface area (Å²) in [7, 11) is 0. The molecule has 3 aromatic rings. The van der Waals surface area contributed by atoms with Crippen LogP contribution in [0.15, 0.2) is 52.3 Å². The van der Waals surface area contributed by atoms with E-state index in [4.69, 9.17) is 4.42 Å². The van der Waals surface area contributed by atoms with Crippen LogP contribution < -0.4 is 0 Å². The molecule has 0 fully saturated rings. The van der Waals surface area contributed by atoms with Gasteiger partial charge in [0.15, 0.2) is 0 Å². The molecule has 0 saturated heterocycles. The molecule has 2 aromatic heterocycles. The summed E-state index contributed by atoms with van der Waals surface area (Å²) in [6, 6.07) is 11.4. The summed E-state index contributed by atoms with van der Waals surface area (Å²) in [5.41, 5.74) is 2.48. The Labute approximate surface area is 150 Å². The molecular formula is C19H19N3O2S. The lowest BCUT2D eigenvalue weighted by Gasteiger charge is -2.30. The van der Waals surface area contributed by atoms with E-state index in [9.17, 15) is 5.11 Å². The van der Waals surface area contributed by atoms with Crippen LogP contribution in [0, 0.1) is 0 Å². The molecule has 1 atom stereocenters. The zero-order chi connectivity index (χ0) is 17.2. The number of benzene rings is 1. The minimum Gasteiger partial charge on any atom is -0.508 e. The highest BCUT2D eigenvalue weighted by atomic mass is 32.1. The molecule has 25 heavy (non-hydrogen) atoms. The van der Waals surface area contributed by atoms with Gasteiger partial charge in [0.25, 0.3) is 5.89 Å². The molecule has 0 amide bonds. The van der Waals surface area contributed by atoms with Crippen LogP contribution in [0.3, 0.4) is 0 Å². The van der Waals surface area contributed by atoms with Gasteiger partial charge in [0, 0.05) is 13.1 Å². The summed E-state index contributed by atoms with van der Waals surface area (Å²) < 4.78 is 5.87. The number of rotatable bonds is 4. The van der Waals surface area contributed by atoms with Crippen molar-refractivity contribution >= 4 is 16.9 Å². The van der Waals surface area contributed by atoms with Gasteiger partial charge in [-0.15, -0.1) is 21.5 Å². The van der Waals surface area contributed by atoms with Crippen LogP contribution in [0.5, 0.6) is 5.75 Å². The van der Waals surface area contributed by atoms with Gasteiger partial charge >= 0.3 is 0 Å². The zero-order valence-electron chi connectivity index (χ0n) is 13.9. The van der Waals surface area contributed by atoms with E-state index in [1.165, 1.54) is 11.1 Å². The van der Waals surface area contributed by atoms with Gasteiger partial charge in [0.2, 0.25) is 5.89 Å². The Kier molecular flexibility index (Phi) is 4.38. The molecule has 6 heteroatoms. The van der Waals surface area contributed by atoms with Gasteiger partial charge in [0.1, 0.15) is 5.75 Å². The highest BCUT2D eigenvalue weighted by Gasteiger charge is 2.24. The van der Waals surface area contributed by atoms with E-state index < -0.39 is 0 Å². The first-order valence-corrected chi connectivity index (χ1v) is 9.18. The van der Waals surface area contributed by atoms with Gasteiger partial charge in [-0.05, 0) is 48.1 Å². The standard InChI is InChI=1S/C19H19N3O2S/c1-13(18-20-21-19(24-18)17-3-2-12-25-17)22-10-8-15(9-11-22)14-4-6-16(23)7-5-14/h2-8,12-13,23H,9-11H2,1H3. The number of hydrogen-bond acceptors (Lipinski definition) is 6. The van der Waals surface area contributed by atoms with Crippen LogP contribution in [-0.4, -0.2) is 33.3 Å². The van der Waals surface area contributed by atoms with E-state index >= 15 is 0 Å². The third kappa shape index (κ3) is 3.36. The van der Waals surface area contributed by atoms with Crippen LogP contribution in [-0.2, 0) is 0 Å². The number of phenols is 1. The molecule has 0 spiro atoms. The lowest BCUT2D eigenvalue weighted by Crippen LogP contribution is -2.31. The molecule has 4 rings (SSSR count). The lowest BCUT2D eigenvalue weighted by atomic mass is 9.98. The Morgan fingerprint density at radius 1 is 1.20 bits per heavy atom. The van der Waals surface area contributed by atoms with E-state index in [0.29, 0.717) is 17.5 Å². The normalized spacial score (nSPS) is 16.6. The number of nitrogens with zero attached hydrogens (tertiary/aromatic N) is 3. The maximum absolute atomic E-state index is 9.42. The minimum atomic E-state index is 0.0823. The number of thiophene rings is 1. The molecule has 128 valence electrons. The van der Waals surface area contributed by atoms with Crippen LogP contribution in [0.2, 0.25) is 0 Å². The number of aromatic nitrogens is 2. The first-order chi connectivity index (χ1) is 12.2. The summed E-state index contributed by atoms with van der Waals surface area (Å²) in [6.45, 7) is 3.88. The maximum Gasteiger partial charge on any atom is 0.257 e.